The van der Waals surface area contributed by atoms with Gasteiger partial charge in [0.05, 0.1) is 6.54 Å². The quantitative estimate of drug-likeness (QED) is 0.841. The average molecular weight is 259 g/mol. The smallest absolute Gasteiger partial charge is 0.265 e. The molecule has 19 heavy (non-hydrogen) atoms. The number of anilines is 1. The van der Waals surface area contributed by atoms with Crippen molar-refractivity contribution in [1.82, 2.24) is 9.78 Å². The lowest BCUT2D eigenvalue weighted by Gasteiger charge is -2.06. The molecule has 6 heteroatoms. The standard InChI is InChI=1S/C13H13N3O3/c17-11(14-10-4-2-1-3-5-10)8-9-16-13(19)7-6-12(18)15-16/h1-7H,8-9H2,(H,14,17)(H,15,18). The zero-order valence-corrected chi connectivity index (χ0v) is 10.1. The van der Waals surface area contributed by atoms with Gasteiger partial charge in [0.2, 0.25) is 5.91 Å². The van der Waals surface area contributed by atoms with Gasteiger partial charge in [-0.25, -0.2) is 4.68 Å². The molecule has 1 heterocycles. The van der Waals surface area contributed by atoms with Crippen LogP contribution < -0.4 is 16.4 Å². The molecule has 1 aromatic heterocycles. The summed E-state index contributed by atoms with van der Waals surface area (Å²) < 4.78 is 1.12. The predicted molar refractivity (Wildman–Crippen MR) is 71.0 cm³/mol. The van der Waals surface area contributed by atoms with Crippen LogP contribution in [0.2, 0.25) is 0 Å². The van der Waals surface area contributed by atoms with Crippen LogP contribution in [-0.2, 0) is 11.3 Å². The van der Waals surface area contributed by atoms with Crippen LogP contribution in [0, 0.1) is 0 Å². The van der Waals surface area contributed by atoms with Gasteiger partial charge in [-0.1, -0.05) is 18.2 Å². The number of aromatic amines is 1. The highest BCUT2D eigenvalue weighted by Crippen LogP contribution is 2.05. The van der Waals surface area contributed by atoms with Gasteiger partial charge in [0.15, 0.2) is 0 Å². The first-order chi connectivity index (χ1) is 9.15. The Kier molecular flexibility index (Phi) is 3.92. The molecule has 0 aliphatic rings. The summed E-state index contributed by atoms with van der Waals surface area (Å²) in [5, 5.41) is 5.06. The molecular weight excluding hydrogens is 246 g/mol. The van der Waals surface area contributed by atoms with Crippen molar-refractivity contribution in [1.29, 1.82) is 0 Å². The number of hydrogen-bond acceptors (Lipinski definition) is 3. The number of aryl methyl sites for hydroxylation is 1. The molecule has 0 unspecified atom stereocenters. The second kappa shape index (κ2) is 5.81. The van der Waals surface area contributed by atoms with Crippen LogP contribution in [-0.4, -0.2) is 15.7 Å². The lowest BCUT2D eigenvalue weighted by Crippen LogP contribution is -2.29. The van der Waals surface area contributed by atoms with Gasteiger partial charge in [0, 0.05) is 24.2 Å². The molecule has 0 radical (unpaired) electrons. The summed E-state index contributed by atoms with van der Waals surface area (Å²) >= 11 is 0. The number of nitrogens with one attached hydrogen (secondary N) is 2. The van der Waals surface area contributed by atoms with Crippen molar-refractivity contribution < 1.29 is 4.79 Å². The SMILES string of the molecule is O=C(CCn1[nH]c(=O)ccc1=O)Nc1ccccc1. The van der Waals surface area contributed by atoms with Crippen molar-refractivity contribution in [3.05, 3.63) is 63.2 Å². The fourth-order valence-electron chi connectivity index (χ4n) is 1.59. The molecule has 0 saturated heterocycles. The third-order valence-corrected chi connectivity index (χ3v) is 2.51. The van der Waals surface area contributed by atoms with Crippen LogP contribution in [0.5, 0.6) is 0 Å². The largest absolute Gasteiger partial charge is 0.326 e. The minimum Gasteiger partial charge on any atom is -0.326 e. The second-order valence-corrected chi connectivity index (χ2v) is 3.96. The van der Waals surface area contributed by atoms with E-state index in [0.717, 1.165) is 10.7 Å². The Balaban J connectivity index is 1.95. The molecular formula is C13H13N3O3. The van der Waals surface area contributed by atoms with Crippen LogP contribution in [0.3, 0.4) is 0 Å². The van der Waals surface area contributed by atoms with E-state index in [-0.39, 0.29) is 30.0 Å². The number of benzene rings is 1. The molecule has 2 N–H and O–H groups in total. The summed E-state index contributed by atoms with van der Waals surface area (Å²) in [7, 11) is 0. The van der Waals surface area contributed by atoms with Gasteiger partial charge in [0.1, 0.15) is 0 Å². The summed E-state index contributed by atoms with van der Waals surface area (Å²) in [5.41, 5.74) is -0.0171. The summed E-state index contributed by atoms with van der Waals surface area (Å²) in [5.74, 6) is -0.220. The molecule has 98 valence electrons. The summed E-state index contributed by atoms with van der Waals surface area (Å²) in [6, 6.07) is 11.4. The molecule has 1 amide bonds. The molecule has 0 bridgehead atoms. The van der Waals surface area contributed by atoms with Crippen molar-refractivity contribution in [3.8, 4) is 0 Å². The number of rotatable bonds is 4. The molecule has 0 fully saturated rings. The van der Waals surface area contributed by atoms with Gasteiger partial charge in [0.25, 0.3) is 11.1 Å². The Morgan fingerprint density at radius 1 is 1.11 bits per heavy atom. The highest BCUT2D eigenvalue weighted by atomic mass is 16.2. The number of carbonyl (C=O) groups excluding carboxylic acids is 1. The van der Waals surface area contributed by atoms with E-state index in [0.29, 0.717) is 5.69 Å². The Bertz CT molecular complexity index is 673. The normalized spacial score (nSPS) is 10.1. The highest BCUT2D eigenvalue weighted by molar-refractivity contribution is 5.90. The zero-order valence-electron chi connectivity index (χ0n) is 10.1. The first kappa shape index (κ1) is 12.8. The van der Waals surface area contributed by atoms with Crippen LogP contribution in [0.1, 0.15) is 6.42 Å². The fourth-order valence-corrected chi connectivity index (χ4v) is 1.59. The van der Waals surface area contributed by atoms with E-state index >= 15 is 0 Å². The Morgan fingerprint density at radius 3 is 2.58 bits per heavy atom. The highest BCUT2D eigenvalue weighted by Gasteiger charge is 2.04. The lowest BCUT2D eigenvalue weighted by atomic mass is 10.3. The number of carbonyl (C=O) groups is 1. The Labute approximate surface area is 108 Å². The van der Waals surface area contributed by atoms with E-state index in [9.17, 15) is 14.4 Å². The molecule has 2 aromatic rings. The maximum atomic E-state index is 11.7. The van der Waals surface area contributed by atoms with Crippen molar-refractivity contribution in [3.63, 3.8) is 0 Å². The maximum absolute atomic E-state index is 11.7. The fraction of sp³-hybridized carbons (Fsp3) is 0.154. The van der Waals surface area contributed by atoms with Crippen molar-refractivity contribution in [2.24, 2.45) is 0 Å². The molecule has 6 nitrogen and oxygen atoms in total. The number of para-hydroxylation sites is 1. The van der Waals surface area contributed by atoms with Gasteiger partial charge >= 0.3 is 0 Å². The number of H-pyrrole nitrogens is 1. The Morgan fingerprint density at radius 2 is 1.84 bits per heavy atom. The molecule has 0 spiro atoms. The molecule has 0 atom stereocenters. The van der Waals surface area contributed by atoms with Crippen LogP contribution in [0.4, 0.5) is 5.69 Å². The van der Waals surface area contributed by atoms with Crippen LogP contribution >= 0.6 is 0 Å². The van der Waals surface area contributed by atoms with Crippen LogP contribution in [0.15, 0.2) is 52.1 Å². The van der Waals surface area contributed by atoms with Crippen LogP contribution in [0.25, 0.3) is 0 Å². The van der Waals surface area contributed by atoms with E-state index in [1.807, 2.05) is 18.2 Å². The van der Waals surface area contributed by atoms with E-state index < -0.39 is 0 Å². The summed E-state index contributed by atoms with van der Waals surface area (Å²) in [6.07, 6.45) is 0.106. The minimum absolute atomic E-state index is 0.106. The van der Waals surface area contributed by atoms with E-state index in [1.54, 1.807) is 12.1 Å². The van der Waals surface area contributed by atoms with E-state index in [2.05, 4.69) is 10.4 Å². The zero-order chi connectivity index (χ0) is 13.7. The summed E-state index contributed by atoms with van der Waals surface area (Å²) in [6.45, 7) is 0.133. The second-order valence-electron chi connectivity index (χ2n) is 3.96. The van der Waals surface area contributed by atoms with Crippen molar-refractivity contribution in [2.45, 2.75) is 13.0 Å². The van der Waals surface area contributed by atoms with Gasteiger partial charge in [-0.05, 0) is 12.1 Å². The molecule has 2 rings (SSSR count). The van der Waals surface area contributed by atoms with Gasteiger partial charge in [-0.3, -0.25) is 19.5 Å². The molecule has 0 saturated carbocycles. The monoisotopic (exact) mass is 259 g/mol. The molecule has 0 aliphatic carbocycles. The first-order valence-corrected chi connectivity index (χ1v) is 5.80. The van der Waals surface area contributed by atoms with Gasteiger partial charge < -0.3 is 5.32 Å². The molecule has 1 aromatic carbocycles. The number of hydrogen-bond donors (Lipinski definition) is 2. The van der Waals surface area contributed by atoms with Gasteiger partial charge in [-0.15, -0.1) is 0 Å². The van der Waals surface area contributed by atoms with Gasteiger partial charge in [-0.2, -0.15) is 0 Å². The average Bonchev–Trinajstić information content (AvgIpc) is 2.41. The summed E-state index contributed by atoms with van der Waals surface area (Å²) in [4.78, 5) is 34.1. The van der Waals surface area contributed by atoms with Crippen molar-refractivity contribution >= 4 is 11.6 Å². The topological polar surface area (TPSA) is 84.0 Å². The predicted octanol–water partition coefficient (Wildman–Crippen LogP) is 0.565. The van der Waals surface area contributed by atoms with Crippen molar-refractivity contribution in [2.75, 3.05) is 5.32 Å². The van der Waals surface area contributed by atoms with E-state index in [4.69, 9.17) is 0 Å². The third kappa shape index (κ3) is 3.67. The number of aromatic nitrogens is 2. The van der Waals surface area contributed by atoms with E-state index in [1.165, 1.54) is 6.07 Å². The Hall–Kier alpha value is -2.63. The number of amides is 1. The number of nitrogens with zero attached hydrogens (tertiary/aromatic N) is 1. The first-order valence-electron chi connectivity index (χ1n) is 5.80. The third-order valence-electron chi connectivity index (χ3n) is 2.51. The molecule has 0 aliphatic heterocycles. The minimum atomic E-state index is -0.372. The lowest BCUT2D eigenvalue weighted by molar-refractivity contribution is -0.116. The maximum Gasteiger partial charge on any atom is 0.265 e.